The van der Waals surface area contributed by atoms with Crippen LogP contribution >= 0.6 is 11.6 Å². The second kappa shape index (κ2) is 5.35. The number of nitrogens with two attached hydrogens (primary N) is 1. The standard InChI is InChI=1S/C6H12ClNO2/c1-2-5(3-4-7)10-6(8)9/h5H,2-4H2,1H3,(H2,8,9). The van der Waals surface area contributed by atoms with Gasteiger partial charge in [-0.2, -0.15) is 0 Å². The lowest BCUT2D eigenvalue weighted by atomic mass is 10.2. The Bertz CT molecular complexity index is 108. The second-order valence-electron chi connectivity index (χ2n) is 1.94. The van der Waals surface area contributed by atoms with E-state index in [0.29, 0.717) is 12.3 Å². The van der Waals surface area contributed by atoms with E-state index < -0.39 is 6.09 Å². The van der Waals surface area contributed by atoms with Crippen LogP contribution in [0.3, 0.4) is 0 Å². The average molecular weight is 166 g/mol. The van der Waals surface area contributed by atoms with Gasteiger partial charge >= 0.3 is 6.09 Å². The van der Waals surface area contributed by atoms with Crippen LogP contribution in [0.2, 0.25) is 0 Å². The number of carbonyl (C=O) groups excluding carboxylic acids is 1. The summed E-state index contributed by atoms with van der Waals surface area (Å²) in [7, 11) is 0. The van der Waals surface area contributed by atoms with E-state index in [-0.39, 0.29) is 6.10 Å². The van der Waals surface area contributed by atoms with Gasteiger partial charge in [-0.05, 0) is 12.8 Å². The Balaban J connectivity index is 3.49. The van der Waals surface area contributed by atoms with Crippen LogP contribution in [-0.4, -0.2) is 18.1 Å². The summed E-state index contributed by atoms with van der Waals surface area (Å²) in [6, 6.07) is 0. The van der Waals surface area contributed by atoms with E-state index in [1.165, 1.54) is 0 Å². The lowest BCUT2D eigenvalue weighted by Gasteiger charge is -2.11. The summed E-state index contributed by atoms with van der Waals surface area (Å²) >= 11 is 5.43. The molecule has 0 aromatic carbocycles. The molecule has 0 saturated carbocycles. The molecule has 0 heterocycles. The van der Waals surface area contributed by atoms with E-state index >= 15 is 0 Å². The van der Waals surface area contributed by atoms with E-state index in [1.807, 2.05) is 6.92 Å². The first-order chi connectivity index (χ1) is 4.70. The van der Waals surface area contributed by atoms with Gasteiger partial charge in [0.05, 0.1) is 0 Å². The van der Waals surface area contributed by atoms with Crippen molar-refractivity contribution in [3.8, 4) is 0 Å². The van der Waals surface area contributed by atoms with Gasteiger partial charge in [0.15, 0.2) is 0 Å². The van der Waals surface area contributed by atoms with Crippen LogP contribution in [0.15, 0.2) is 0 Å². The SMILES string of the molecule is CCC(CCCl)OC(N)=O. The number of hydrogen-bond donors (Lipinski definition) is 1. The molecule has 0 bridgehead atoms. The molecule has 4 heteroatoms. The highest BCUT2D eigenvalue weighted by atomic mass is 35.5. The lowest BCUT2D eigenvalue weighted by molar-refractivity contribution is 0.102. The van der Waals surface area contributed by atoms with Crippen molar-refractivity contribution in [2.45, 2.75) is 25.9 Å². The van der Waals surface area contributed by atoms with E-state index in [1.54, 1.807) is 0 Å². The average Bonchev–Trinajstić information content (AvgIpc) is 1.86. The minimum Gasteiger partial charge on any atom is -0.446 e. The first kappa shape index (κ1) is 9.56. The Hall–Kier alpha value is -0.440. The van der Waals surface area contributed by atoms with Crippen molar-refractivity contribution < 1.29 is 9.53 Å². The Morgan fingerprint density at radius 1 is 1.80 bits per heavy atom. The zero-order valence-electron chi connectivity index (χ0n) is 5.97. The first-order valence-electron chi connectivity index (χ1n) is 3.22. The minimum atomic E-state index is -0.725. The molecule has 0 aromatic heterocycles. The van der Waals surface area contributed by atoms with Gasteiger partial charge in [0.1, 0.15) is 6.10 Å². The van der Waals surface area contributed by atoms with Crippen molar-refractivity contribution in [2.24, 2.45) is 5.73 Å². The van der Waals surface area contributed by atoms with E-state index in [0.717, 1.165) is 6.42 Å². The van der Waals surface area contributed by atoms with Crippen molar-refractivity contribution >= 4 is 17.7 Å². The summed E-state index contributed by atoms with van der Waals surface area (Å²) in [5.41, 5.74) is 4.79. The van der Waals surface area contributed by atoms with E-state index in [9.17, 15) is 4.79 Å². The van der Waals surface area contributed by atoms with Gasteiger partial charge in [0, 0.05) is 5.88 Å². The Morgan fingerprint density at radius 2 is 2.40 bits per heavy atom. The molecule has 60 valence electrons. The third kappa shape index (κ3) is 4.44. The number of carbonyl (C=O) groups is 1. The highest BCUT2D eigenvalue weighted by Gasteiger charge is 2.07. The fraction of sp³-hybridized carbons (Fsp3) is 0.833. The number of alkyl halides is 1. The van der Waals surface area contributed by atoms with Gasteiger partial charge in [0.2, 0.25) is 0 Å². The molecule has 0 aliphatic heterocycles. The van der Waals surface area contributed by atoms with E-state index in [4.69, 9.17) is 22.1 Å². The molecule has 0 spiro atoms. The van der Waals surface area contributed by atoms with Gasteiger partial charge in [-0.15, -0.1) is 11.6 Å². The highest BCUT2D eigenvalue weighted by molar-refractivity contribution is 6.17. The fourth-order valence-electron chi connectivity index (χ4n) is 0.632. The zero-order valence-corrected chi connectivity index (χ0v) is 6.73. The molecule has 0 radical (unpaired) electrons. The van der Waals surface area contributed by atoms with Gasteiger partial charge in [-0.1, -0.05) is 6.92 Å². The second-order valence-corrected chi connectivity index (χ2v) is 2.32. The van der Waals surface area contributed by atoms with Crippen molar-refractivity contribution in [1.29, 1.82) is 0 Å². The number of ether oxygens (including phenoxy) is 1. The summed E-state index contributed by atoms with van der Waals surface area (Å²) < 4.78 is 4.69. The Kier molecular flexibility index (Phi) is 5.12. The molecule has 1 unspecified atom stereocenters. The summed E-state index contributed by atoms with van der Waals surface area (Å²) in [6.45, 7) is 1.92. The lowest BCUT2D eigenvalue weighted by Crippen LogP contribution is -2.22. The third-order valence-electron chi connectivity index (χ3n) is 1.17. The molecular weight excluding hydrogens is 154 g/mol. The summed E-state index contributed by atoms with van der Waals surface area (Å²) in [5.74, 6) is 0.492. The maximum atomic E-state index is 10.2. The molecule has 0 rings (SSSR count). The molecule has 0 aliphatic carbocycles. The van der Waals surface area contributed by atoms with Gasteiger partial charge in [-0.3, -0.25) is 0 Å². The zero-order chi connectivity index (χ0) is 7.98. The van der Waals surface area contributed by atoms with Crippen LogP contribution in [0, 0.1) is 0 Å². The maximum absolute atomic E-state index is 10.2. The van der Waals surface area contributed by atoms with Crippen LogP contribution in [-0.2, 0) is 4.74 Å². The third-order valence-corrected chi connectivity index (χ3v) is 1.39. The summed E-state index contributed by atoms with van der Waals surface area (Å²) in [4.78, 5) is 10.2. The number of primary amides is 1. The Labute approximate surface area is 65.5 Å². The molecule has 0 aromatic rings. The van der Waals surface area contributed by atoms with Crippen LogP contribution < -0.4 is 5.73 Å². The van der Waals surface area contributed by atoms with Crippen molar-refractivity contribution in [3.63, 3.8) is 0 Å². The number of rotatable bonds is 4. The first-order valence-corrected chi connectivity index (χ1v) is 3.76. The van der Waals surface area contributed by atoms with Crippen LogP contribution in [0.1, 0.15) is 19.8 Å². The molecule has 0 fully saturated rings. The fourth-order valence-corrected chi connectivity index (χ4v) is 0.876. The van der Waals surface area contributed by atoms with Crippen LogP contribution in [0.4, 0.5) is 4.79 Å². The topological polar surface area (TPSA) is 52.3 Å². The number of halogens is 1. The van der Waals surface area contributed by atoms with E-state index in [2.05, 4.69) is 0 Å². The highest BCUT2D eigenvalue weighted by Crippen LogP contribution is 2.03. The van der Waals surface area contributed by atoms with Crippen LogP contribution in [0.25, 0.3) is 0 Å². The summed E-state index contributed by atoms with van der Waals surface area (Å²) in [5, 5.41) is 0. The normalized spacial score (nSPS) is 12.6. The maximum Gasteiger partial charge on any atom is 0.404 e. The van der Waals surface area contributed by atoms with Crippen molar-refractivity contribution in [3.05, 3.63) is 0 Å². The molecule has 0 saturated heterocycles. The predicted octanol–water partition coefficient (Wildman–Crippen LogP) is 1.49. The largest absolute Gasteiger partial charge is 0.446 e. The molecule has 1 atom stereocenters. The number of hydrogen-bond acceptors (Lipinski definition) is 2. The molecule has 3 nitrogen and oxygen atoms in total. The molecule has 0 aliphatic rings. The quantitative estimate of drug-likeness (QED) is 0.642. The van der Waals surface area contributed by atoms with Gasteiger partial charge < -0.3 is 10.5 Å². The van der Waals surface area contributed by atoms with Gasteiger partial charge in [0.25, 0.3) is 0 Å². The minimum absolute atomic E-state index is 0.116. The van der Waals surface area contributed by atoms with Crippen molar-refractivity contribution in [1.82, 2.24) is 0 Å². The smallest absolute Gasteiger partial charge is 0.404 e. The molecular formula is C6H12ClNO2. The van der Waals surface area contributed by atoms with Gasteiger partial charge in [-0.25, -0.2) is 4.79 Å². The molecule has 2 N–H and O–H groups in total. The summed E-state index contributed by atoms with van der Waals surface area (Å²) in [6.07, 6.45) is 0.586. The molecule has 1 amide bonds. The van der Waals surface area contributed by atoms with Crippen molar-refractivity contribution in [2.75, 3.05) is 5.88 Å². The monoisotopic (exact) mass is 165 g/mol. The Morgan fingerprint density at radius 3 is 2.70 bits per heavy atom. The molecule has 10 heavy (non-hydrogen) atoms. The predicted molar refractivity (Wildman–Crippen MR) is 40.1 cm³/mol. The number of amides is 1. The van der Waals surface area contributed by atoms with Crippen LogP contribution in [0.5, 0.6) is 0 Å².